The molecule has 0 spiro atoms. The van der Waals surface area contributed by atoms with Crippen LogP contribution < -0.4 is 4.90 Å². The first kappa shape index (κ1) is 16.1. The number of hydrogen-bond acceptors (Lipinski definition) is 3. The van der Waals surface area contributed by atoms with E-state index >= 15 is 0 Å². The molecular formula is C19H19NO4. The number of benzene rings is 2. The highest BCUT2D eigenvalue weighted by Gasteiger charge is 2.30. The van der Waals surface area contributed by atoms with Crippen LogP contribution in [0.2, 0.25) is 0 Å². The number of aryl methyl sites for hydroxylation is 1. The number of carboxylic acid groups (broad SMARTS) is 1. The van der Waals surface area contributed by atoms with Gasteiger partial charge in [0.05, 0.1) is 11.3 Å². The number of fused-ring (bicyclic) bond motifs is 1. The topological polar surface area (TPSA) is 66.8 Å². The average molecular weight is 325 g/mol. The molecule has 1 amide bonds. The zero-order valence-electron chi connectivity index (χ0n) is 13.4. The van der Waals surface area contributed by atoms with Gasteiger partial charge in [-0.05, 0) is 49.1 Å². The molecule has 1 aliphatic heterocycles. The summed E-state index contributed by atoms with van der Waals surface area (Å²) >= 11 is 0. The number of carboxylic acids is 1. The first-order chi connectivity index (χ1) is 11.6. The zero-order chi connectivity index (χ0) is 17.1. The second kappa shape index (κ2) is 6.74. The monoisotopic (exact) mass is 325 g/mol. The van der Waals surface area contributed by atoms with Gasteiger partial charge in [0, 0.05) is 6.04 Å². The fourth-order valence-corrected chi connectivity index (χ4v) is 2.95. The summed E-state index contributed by atoms with van der Waals surface area (Å²) in [5.74, 6) is -0.963. The molecule has 2 aromatic rings. The molecule has 0 saturated carbocycles. The first-order valence-electron chi connectivity index (χ1n) is 7.92. The van der Waals surface area contributed by atoms with E-state index in [2.05, 4.69) is 0 Å². The lowest BCUT2D eigenvalue weighted by molar-refractivity contribution is 0.0696. The van der Waals surface area contributed by atoms with Crippen LogP contribution in [0.3, 0.4) is 0 Å². The summed E-state index contributed by atoms with van der Waals surface area (Å²) < 4.78 is 5.44. The van der Waals surface area contributed by atoms with Crippen LogP contribution in [0.25, 0.3) is 0 Å². The fraction of sp³-hybridized carbons (Fsp3) is 0.263. The quantitative estimate of drug-likeness (QED) is 0.930. The molecule has 0 aliphatic carbocycles. The van der Waals surface area contributed by atoms with E-state index in [1.807, 2.05) is 37.3 Å². The van der Waals surface area contributed by atoms with E-state index in [4.69, 9.17) is 9.84 Å². The number of amides is 1. The number of aromatic carboxylic acids is 1. The van der Waals surface area contributed by atoms with Crippen molar-refractivity contribution >= 4 is 17.7 Å². The average Bonchev–Trinajstić information content (AvgIpc) is 2.60. The molecule has 2 aromatic carbocycles. The van der Waals surface area contributed by atoms with E-state index in [1.54, 1.807) is 17.0 Å². The molecule has 0 radical (unpaired) electrons. The molecule has 5 heteroatoms. The number of carbonyl (C=O) groups excluding carboxylic acids is 1. The van der Waals surface area contributed by atoms with Gasteiger partial charge in [-0.1, -0.05) is 30.3 Å². The second-order valence-electron chi connectivity index (χ2n) is 5.95. The molecule has 1 N–H and O–H groups in total. The Morgan fingerprint density at radius 2 is 1.96 bits per heavy atom. The Hall–Kier alpha value is -2.82. The van der Waals surface area contributed by atoms with Gasteiger partial charge in [-0.3, -0.25) is 4.90 Å². The Kier molecular flexibility index (Phi) is 4.51. The SMILES string of the molecule is CC1CCc2cc(C(=O)O)ccc2N1C(=O)OCc1ccccc1. The third-order valence-electron chi connectivity index (χ3n) is 4.26. The Morgan fingerprint density at radius 1 is 1.21 bits per heavy atom. The maximum atomic E-state index is 12.6. The highest BCUT2D eigenvalue weighted by atomic mass is 16.6. The van der Waals surface area contributed by atoms with Gasteiger partial charge in [-0.25, -0.2) is 9.59 Å². The van der Waals surface area contributed by atoms with E-state index in [9.17, 15) is 9.59 Å². The van der Waals surface area contributed by atoms with Gasteiger partial charge < -0.3 is 9.84 Å². The maximum Gasteiger partial charge on any atom is 0.414 e. The lowest BCUT2D eigenvalue weighted by atomic mass is 9.95. The van der Waals surface area contributed by atoms with Crippen molar-refractivity contribution < 1.29 is 19.4 Å². The van der Waals surface area contributed by atoms with Gasteiger partial charge in [-0.2, -0.15) is 0 Å². The zero-order valence-corrected chi connectivity index (χ0v) is 13.4. The van der Waals surface area contributed by atoms with Crippen LogP contribution in [0.5, 0.6) is 0 Å². The molecule has 1 atom stereocenters. The summed E-state index contributed by atoms with van der Waals surface area (Å²) in [6, 6.07) is 14.4. The summed E-state index contributed by atoms with van der Waals surface area (Å²) in [6.45, 7) is 2.18. The third-order valence-corrected chi connectivity index (χ3v) is 4.26. The molecule has 3 rings (SSSR count). The Morgan fingerprint density at radius 3 is 2.67 bits per heavy atom. The molecule has 1 heterocycles. The Labute approximate surface area is 140 Å². The number of nitrogens with zero attached hydrogens (tertiary/aromatic N) is 1. The predicted octanol–water partition coefficient (Wildman–Crippen LogP) is 3.86. The van der Waals surface area contributed by atoms with Crippen LogP contribution in [0, 0.1) is 0 Å². The third kappa shape index (κ3) is 3.25. The summed E-state index contributed by atoms with van der Waals surface area (Å²) in [5.41, 5.74) is 2.76. The van der Waals surface area contributed by atoms with E-state index < -0.39 is 12.1 Å². The number of rotatable bonds is 3. The van der Waals surface area contributed by atoms with Crippen LogP contribution in [0.1, 0.15) is 34.8 Å². The van der Waals surface area contributed by atoms with Crippen LogP contribution in [0.15, 0.2) is 48.5 Å². The van der Waals surface area contributed by atoms with Crippen LogP contribution in [0.4, 0.5) is 10.5 Å². The van der Waals surface area contributed by atoms with Crippen molar-refractivity contribution in [2.75, 3.05) is 4.90 Å². The van der Waals surface area contributed by atoms with Crippen molar-refractivity contribution in [2.24, 2.45) is 0 Å². The molecule has 1 unspecified atom stereocenters. The maximum absolute atomic E-state index is 12.6. The minimum absolute atomic E-state index is 0.0106. The highest BCUT2D eigenvalue weighted by molar-refractivity contribution is 5.93. The Balaban J connectivity index is 1.80. The van der Waals surface area contributed by atoms with Gasteiger partial charge in [-0.15, -0.1) is 0 Å². The molecule has 24 heavy (non-hydrogen) atoms. The summed E-state index contributed by atoms with van der Waals surface area (Å²) in [4.78, 5) is 25.3. The lowest BCUT2D eigenvalue weighted by Gasteiger charge is -2.34. The van der Waals surface area contributed by atoms with Crippen molar-refractivity contribution in [3.63, 3.8) is 0 Å². The van der Waals surface area contributed by atoms with E-state index in [0.717, 1.165) is 29.7 Å². The van der Waals surface area contributed by atoms with Gasteiger partial charge in [0.25, 0.3) is 0 Å². The summed E-state index contributed by atoms with van der Waals surface area (Å²) in [6.07, 6.45) is 1.12. The van der Waals surface area contributed by atoms with Crippen molar-refractivity contribution in [2.45, 2.75) is 32.4 Å². The summed E-state index contributed by atoms with van der Waals surface area (Å²) in [5, 5.41) is 9.12. The first-order valence-corrected chi connectivity index (χ1v) is 7.92. The van der Waals surface area contributed by atoms with E-state index in [-0.39, 0.29) is 18.2 Å². The normalized spacial score (nSPS) is 16.4. The van der Waals surface area contributed by atoms with Gasteiger partial charge in [0.1, 0.15) is 6.61 Å². The standard InChI is InChI=1S/C19H19NO4/c1-13-7-8-15-11-16(18(21)22)9-10-17(15)20(13)19(23)24-12-14-5-3-2-4-6-14/h2-6,9-11,13H,7-8,12H2,1H3,(H,21,22). The molecule has 0 bridgehead atoms. The van der Waals surface area contributed by atoms with E-state index in [0.29, 0.717) is 0 Å². The molecule has 0 aromatic heterocycles. The highest BCUT2D eigenvalue weighted by Crippen LogP contribution is 2.32. The van der Waals surface area contributed by atoms with Crippen molar-refractivity contribution in [3.05, 3.63) is 65.2 Å². The molecule has 0 saturated heterocycles. The lowest BCUT2D eigenvalue weighted by Crippen LogP contribution is -2.42. The number of carbonyl (C=O) groups is 2. The van der Waals surface area contributed by atoms with Gasteiger partial charge >= 0.3 is 12.1 Å². The van der Waals surface area contributed by atoms with Crippen LogP contribution in [-0.4, -0.2) is 23.2 Å². The fourth-order valence-electron chi connectivity index (χ4n) is 2.95. The minimum Gasteiger partial charge on any atom is -0.478 e. The van der Waals surface area contributed by atoms with Crippen molar-refractivity contribution in [1.82, 2.24) is 0 Å². The molecule has 0 fully saturated rings. The van der Waals surface area contributed by atoms with Crippen molar-refractivity contribution in [1.29, 1.82) is 0 Å². The minimum atomic E-state index is -0.963. The largest absolute Gasteiger partial charge is 0.478 e. The van der Waals surface area contributed by atoms with Gasteiger partial charge in [0.15, 0.2) is 0 Å². The Bertz CT molecular complexity index is 757. The van der Waals surface area contributed by atoms with Gasteiger partial charge in [0.2, 0.25) is 0 Å². The second-order valence-corrected chi connectivity index (χ2v) is 5.95. The smallest absolute Gasteiger partial charge is 0.414 e. The number of hydrogen-bond donors (Lipinski definition) is 1. The molecular weight excluding hydrogens is 306 g/mol. The van der Waals surface area contributed by atoms with Crippen molar-refractivity contribution in [3.8, 4) is 0 Å². The van der Waals surface area contributed by atoms with E-state index in [1.165, 1.54) is 6.07 Å². The molecule has 5 nitrogen and oxygen atoms in total. The number of anilines is 1. The molecule has 1 aliphatic rings. The predicted molar refractivity (Wildman–Crippen MR) is 90.3 cm³/mol. The van der Waals surface area contributed by atoms with Crippen LogP contribution in [-0.2, 0) is 17.8 Å². The molecule has 124 valence electrons. The summed E-state index contributed by atoms with van der Waals surface area (Å²) in [7, 11) is 0. The number of ether oxygens (including phenoxy) is 1. The van der Waals surface area contributed by atoms with Crippen LogP contribution >= 0.6 is 0 Å².